The first-order valence-corrected chi connectivity index (χ1v) is 7.36. The Hall–Kier alpha value is -2.70. The summed E-state index contributed by atoms with van der Waals surface area (Å²) in [6, 6.07) is 9.65. The maximum absolute atomic E-state index is 12.5. The first-order chi connectivity index (χ1) is 10.8. The standard InChI is InChI=1S/C15H16N6O/c22-15(10-21-14-4-2-1-3-13(14)18-19-21)20-8-6-11(9-20)12-5-7-16-17-12/h1-5,7,11H,6,8-10H2,(H,16,17)/t11-/m1/s1. The van der Waals surface area contributed by atoms with E-state index >= 15 is 0 Å². The lowest BCUT2D eigenvalue weighted by Crippen LogP contribution is -2.32. The van der Waals surface area contributed by atoms with Gasteiger partial charge in [0.15, 0.2) is 0 Å². The van der Waals surface area contributed by atoms with Crippen LogP contribution in [0, 0.1) is 0 Å². The molecular formula is C15H16N6O. The van der Waals surface area contributed by atoms with E-state index in [1.54, 1.807) is 10.9 Å². The Balaban J connectivity index is 1.47. The zero-order valence-corrected chi connectivity index (χ0v) is 12.0. The fourth-order valence-electron chi connectivity index (χ4n) is 3.00. The number of carbonyl (C=O) groups excluding carboxylic acids is 1. The quantitative estimate of drug-likeness (QED) is 0.787. The predicted octanol–water partition coefficient (Wildman–Crippen LogP) is 1.17. The summed E-state index contributed by atoms with van der Waals surface area (Å²) in [6.07, 6.45) is 2.72. The van der Waals surface area contributed by atoms with Crippen molar-refractivity contribution in [2.75, 3.05) is 13.1 Å². The Morgan fingerprint density at radius 2 is 2.23 bits per heavy atom. The summed E-state index contributed by atoms with van der Waals surface area (Å²) in [5.41, 5.74) is 2.80. The van der Waals surface area contributed by atoms with Crippen molar-refractivity contribution in [3.63, 3.8) is 0 Å². The van der Waals surface area contributed by atoms with Crippen LogP contribution in [0.4, 0.5) is 0 Å². The Morgan fingerprint density at radius 1 is 1.32 bits per heavy atom. The van der Waals surface area contributed by atoms with E-state index in [0.717, 1.165) is 36.2 Å². The van der Waals surface area contributed by atoms with Crippen molar-refractivity contribution in [1.29, 1.82) is 0 Å². The number of aromatic nitrogens is 5. The number of nitrogens with one attached hydrogen (secondary N) is 1. The molecule has 1 aliphatic heterocycles. The molecule has 7 nitrogen and oxygen atoms in total. The molecule has 0 saturated carbocycles. The molecule has 1 saturated heterocycles. The van der Waals surface area contributed by atoms with Crippen LogP contribution >= 0.6 is 0 Å². The number of hydrogen-bond acceptors (Lipinski definition) is 4. The van der Waals surface area contributed by atoms with Gasteiger partial charge in [-0.3, -0.25) is 9.89 Å². The van der Waals surface area contributed by atoms with E-state index < -0.39 is 0 Å². The van der Waals surface area contributed by atoms with Gasteiger partial charge in [-0.05, 0) is 24.6 Å². The number of carbonyl (C=O) groups is 1. The van der Waals surface area contributed by atoms with E-state index in [4.69, 9.17) is 0 Å². The number of fused-ring (bicyclic) bond motifs is 1. The number of para-hydroxylation sites is 1. The summed E-state index contributed by atoms with van der Waals surface area (Å²) in [5, 5.41) is 15.1. The molecule has 0 aliphatic carbocycles. The fraction of sp³-hybridized carbons (Fsp3) is 0.333. The van der Waals surface area contributed by atoms with Gasteiger partial charge in [0.25, 0.3) is 0 Å². The maximum atomic E-state index is 12.5. The SMILES string of the molecule is O=C(Cn1nnc2ccccc21)N1CC[C@@H](c2ccn[nH]2)C1. The first-order valence-electron chi connectivity index (χ1n) is 7.36. The minimum absolute atomic E-state index is 0.0812. The van der Waals surface area contributed by atoms with Crippen LogP contribution in [0.25, 0.3) is 11.0 Å². The van der Waals surface area contributed by atoms with Gasteiger partial charge in [0.05, 0.1) is 5.52 Å². The zero-order chi connectivity index (χ0) is 14.9. The molecule has 1 aliphatic rings. The number of nitrogens with zero attached hydrogens (tertiary/aromatic N) is 5. The minimum Gasteiger partial charge on any atom is -0.340 e. The number of aromatic amines is 1. The van der Waals surface area contributed by atoms with Gasteiger partial charge in [-0.1, -0.05) is 17.3 Å². The highest BCUT2D eigenvalue weighted by Crippen LogP contribution is 2.25. The molecule has 7 heteroatoms. The van der Waals surface area contributed by atoms with Crippen molar-refractivity contribution in [1.82, 2.24) is 30.1 Å². The average molecular weight is 296 g/mol. The third-order valence-corrected chi connectivity index (χ3v) is 4.21. The highest BCUT2D eigenvalue weighted by molar-refractivity contribution is 5.80. The normalized spacial score (nSPS) is 18.2. The largest absolute Gasteiger partial charge is 0.340 e. The average Bonchev–Trinajstić information content (AvgIpc) is 3.28. The van der Waals surface area contributed by atoms with Crippen LogP contribution in [0.15, 0.2) is 36.5 Å². The molecular weight excluding hydrogens is 280 g/mol. The van der Waals surface area contributed by atoms with Crippen LogP contribution in [0.2, 0.25) is 0 Å². The van der Waals surface area contributed by atoms with Crippen molar-refractivity contribution in [2.45, 2.75) is 18.9 Å². The monoisotopic (exact) mass is 296 g/mol. The molecule has 0 spiro atoms. The van der Waals surface area contributed by atoms with Gasteiger partial charge >= 0.3 is 0 Å². The fourth-order valence-corrected chi connectivity index (χ4v) is 3.00. The molecule has 0 radical (unpaired) electrons. The molecule has 1 fully saturated rings. The molecule has 0 bridgehead atoms. The third-order valence-electron chi connectivity index (χ3n) is 4.21. The summed E-state index contributed by atoms with van der Waals surface area (Å²) in [7, 11) is 0. The van der Waals surface area contributed by atoms with Crippen LogP contribution in [-0.2, 0) is 11.3 Å². The molecule has 22 heavy (non-hydrogen) atoms. The van der Waals surface area contributed by atoms with Crippen molar-refractivity contribution in [2.24, 2.45) is 0 Å². The number of benzene rings is 1. The van der Waals surface area contributed by atoms with E-state index in [-0.39, 0.29) is 12.5 Å². The summed E-state index contributed by atoms with van der Waals surface area (Å²) >= 11 is 0. The Bertz CT molecular complexity index is 793. The summed E-state index contributed by atoms with van der Waals surface area (Å²) in [4.78, 5) is 14.4. The molecule has 2 aromatic heterocycles. The van der Waals surface area contributed by atoms with Crippen LogP contribution in [0.3, 0.4) is 0 Å². The minimum atomic E-state index is 0.0812. The summed E-state index contributed by atoms with van der Waals surface area (Å²) in [6.45, 7) is 1.74. The number of rotatable bonds is 3. The number of hydrogen-bond donors (Lipinski definition) is 1. The molecule has 3 aromatic rings. The maximum Gasteiger partial charge on any atom is 0.244 e. The lowest BCUT2D eigenvalue weighted by molar-refractivity contribution is -0.130. The van der Waals surface area contributed by atoms with Gasteiger partial charge in [-0.2, -0.15) is 5.10 Å². The molecule has 0 unspecified atom stereocenters. The van der Waals surface area contributed by atoms with Gasteiger partial charge in [0.2, 0.25) is 5.91 Å². The van der Waals surface area contributed by atoms with Crippen LogP contribution in [0.5, 0.6) is 0 Å². The molecule has 112 valence electrons. The Labute approximate surface area is 126 Å². The smallest absolute Gasteiger partial charge is 0.244 e. The van der Waals surface area contributed by atoms with Crippen molar-refractivity contribution in [3.05, 3.63) is 42.2 Å². The van der Waals surface area contributed by atoms with Gasteiger partial charge in [-0.25, -0.2) is 4.68 Å². The van der Waals surface area contributed by atoms with Crippen LogP contribution < -0.4 is 0 Å². The number of H-pyrrole nitrogens is 1. The van der Waals surface area contributed by atoms with Crippen LogP contribution in [-0.4, -0.2) is 49.1 Å². The molecule has 3 heterocycles. The molecule has 1 atom stereocenters. The Morgan fingerprint density at radius 3 is 3.09 bits per heavy atom. The number of likely N-dealkylation sites (tertiary alicyclic amines) is 1. The highest BCUT2D eigenvalue weighted by atomic mass is 16.2. The topological polar surface area (TPSA) is 79.7 Å². The van der Waals surface area contributed by atoms with Gasteiger partial charge < -0.3 is 4.90 Å². The first kappa shape index (κ1) is 13.0. The van der Waals surface area contributed by atoms with Gasteiger partial charge in [-0.15, -0.1) is 5.10 Å². The Kier molecular flexibility index (Phi) is 3.10. The zero-order valence-electron chi connectivity index (χ0n) is 12.0. The van der Waals surface area contributed by atoms with Gasteiger partial charge in [0.1, 0.15) is 12.1 Å². The molecule has 1 amide bonds. The van der Waals surface area contributed by atoms with Crippen molar-refractivity contribution in [3.8, 4) is 0 Å². The van der Waals surface area contributed by atoms with Crippen molar-refractivity contribution >= 4 is 16.9 Å². The van der Waals surface area contributed by atoms with Crippen LogP contribution in [0.1, 0.15) is 18.0 Å². The van der Waals surface area contributed by atoms with E-state index in [2.05, 4.69) is 20.5 Å². The lowest BCUT2D eigenvalue weighted by Gasteiger charge is -2.16. The second-order valence-electron chi connectivity index (χ2n) is 5.57. The summed E-state index contributed by atoms with van der Waals surface area (Å²) in [5.74, 6) is 0.427. The van der Waals surface area contributed by atoms with Gasteiger partial charge in [0, 0.05) is 30.9 Å². The van der Waals surface area contributed by atoms with E-state index in [1.165, 1.54) is 0 Å². The molecule has 4 rings (SSSR count). The predicted molar refractivity (Wildman–Crippen MR) is 80.1 cm³/mol. The summed E-state index contributed by atoms with van der Waals surface area (Å²) < 4.78 is 1.67. The second-order valence-corrected chi connectivity index (χ2v) is 5.57. The molecule has 1 aromatic carbocycles. The molecule has 1 N–H and O–H groups in total. The van der Waals surface area contributed by atoms with E-state index in [9.17, 15) is 4.79 Å². The number of amides is 1. The second kappa shape index (κ2) is 5.25. The third kappa shape index (κ3) is 2.24. The van der Waals surface area contributed by atoms with E-state index in [1.807, 2.05) is 35.2 Å². The highest BCUT2D eigenvalue weighted by Gasteiger charge is 2.28. The van der Waals surface area contributed by atoms with E-state index in [0.29, 0.717) is 5.92 Å². The lowest BCUT2D eigenvalue weighted by atomic mass is 10.1. The van der Waals surface area contributed by atoms with Crippen molar-refractivity contribution < 1.29 is 4.79 Å².